The summed E-state index contributed by atoms with van der Waals surface area (Å²) in [5.74, 6) is 5.82. The third-order valence-corrected chi connectivity index (χ3v) is 5.97. The van der Waals surface area contributed by atoms with Gasteiger partial charge in [-0.3, -0.25) is 5.84 Å². The Morgan fingerprint density at radius 1 is 1.33 bits per heavy atom. The fraction of sp³-hybridized carbons (Fsp3) is 0.571. The van der Waals surface area contributed by atoms with E-state index in [9.17, 15) is 8.42 Å². The quantitative estimate of drug-likeness (QED) is 0.625. The predicted octanol–water partition coefficient (Wildman–Crippen LogP) is 0.935. The van der Waals surface area contributed by atoms with Crippen LogP contribution in [0.2, 0.25) is 0 Å². The van der Waals surface area contributed by atoms with Crippen LogP contribution in [0, 0.1) is 5.92 Å². The number of hydrogen-bond acceptors (Lipinski definition) is 5. The molecule has 0 unspecified atom stereocenters. The fourth-order valence-electron chi connectivity index (χ4n) is 2.69. The Hall–Kier alpha value is -1.15. The van der Waals surface area contributed by atoms with Crippen molar-refractivity contribution in [1.29, 1.82) is 0 Å². The molecule has 1 saturated heterocycles. The van der Waals surface area contributed by atoms with Crippen LogP contribution in [0.25, 0.3) is 0 Å². The average Bonchev–Trinajstić information content (AvgIpc) is 2.49. The Kier molecular flexibility index (Phi) is 5.21. The van der Waals surface area contributed by atoms with Gasteiger partial charge in [0.15, 0.2) is 0 Å². The Morgan fingerprint density at radius 3 is 2.57 bits per heavy atom. The highest BCUT2D eigenvalue weighted by Crippen LogP contribution is 2.25. The Labute approximate surface area is 126 Å². The average molecular weight is 312 g/mol. The van der Waals surface area contributed by atoms with E-state index in [-0.39, 0.29) is 4.90 Å². The van der Waals surface area contributed by atoms with Crippen LogP contribution in [0.4, 0.5) is 5.69 Å². The largest absolute Gasteiger partial charge is 0.323 e. The minimum Gasteiger partial charge on any atom is -0.323 e. The summed E-state index contributed by atoms with van der Waals surface area (Å²) < 4.78 is 26.8. The molecule has 1 aromatic carbocycles. The van der Waals surface area contributed by atoms with Gasteiger partial charge in [0.05, 0.1) is 5.69 Å². The third kappa shape index (κ3) is 3.74. The monoisotopic (exact) mass is 312 g/mol. The molecular weight excluding hydrogens is 288 g/mol. The van der Waals surface area contributed by atoms with Crippen molar-refractivity contribution in [2.24, 2.45) is 11.8 Å². The van der Waals surface area contributed by atoms with Crippen LogP contribution in [0.3, 0.4) is 0 Å². The van der Waals surface area contributed by atoms with Gasteiger partial charge < -0.3 is 10.3 Å². The summed E-state index contributed by atoms with van der Waals surface area (Å²) in [5.41, 5.74) is 2.88. The number of nitrogens with zero attached hydrogens (tertiary/aromatic N) is 2. The van der Waals surface area contributed by atoms with E-state index in [1.165, 1.54) is 4.31 Å². The normalized spacial score (nSPS) is 18.1. The highest BCUT2D eigenvalue weighted by molar-refractivity contribution is 7.89. The summed E-state index contributed by atoms with van der Waals surface area (Å²) in [6.45, 7) is 2.61. The van der Waals surface area contributed by atoms with E-state index < -0.39 is 10.0 Å². The first-order valence-corrected chi connectivity index (χ1v) is 8.59. The van der Waals surface area contributed by atoms with Gasteiger partial charge in [0.2, 0.25) is 10.0 Å². The number of nitrogen functional groups attached to an aromatic ring is 1. The topological polar surface area (TPSA) is 78.7 Å². The molecule has 0 aliphatic carbocycles. The smallest absolute Gasteiger partial charge is 0.244 e. The van der Waals surface area contributed by atoms with Crippen molar-refractivity contribution in [3.8, 4) is 0 Å². The zero-order chi connectivity index (χ0) is 15.5. The molecule has 0 amide bonds. The second-order valence-corrected chi connectivity index (χ2v) is 7.69. The molecule has 1 aliphatic rings. The van der Waals surface area contributed by atoms with Crippen LogP contribution in [0.15, 0.2) is 29.2 Å². The number of rotatable bonds is 5. The summed E-state index contributed by atoms with van der Waals surface area (Å²) in [6, 6.07) is 6.70. The second-order valence-electron chi connectivity index (χ2n) is 5.67. The van der Waals surface area contributed by atoms with Crippen molar-refractivity contribution >= 4 is 15.7 Å². The maximum absolute atomic E-state index is 12.7. The van der Waals surface area contributed by atoms with Crippen molar-refractivity contribution in [2.45, 2.75) is 17.7 Å². The lowest BCUT2D eigenvalue weighted by molar-refractivity contribution is 0.202. The van der Waals surface area contributed by atoms with E-state index in [4.69, 9.17) is 5.84 Å². The molecular formula is C14H24N4O2S. The Balaban J connectivity index is 2.11. The molecule has 0 spiro atoms. The first kappa shape index (κ1) is 16.2. The van der Waals surface area contributed by atoms with Crippen LogP contribution >= 0.6 is 0 Å². The lowest BCUT2D eigenvalue weighted by atomic mass is 9.97. The summed E-state index contributed by atoms with van der Waals surface area (Å²) >= 11 is 0. The molecule has 1 aromatic rings. The number of anilines is 1. The minimum absolute atomic E-state index is 0.225. The predicted molar refractivity (Wildman–Crippen MR) is 84.3 cm³/mol. The molecule has 3 N–H and O–H groups in total. The summed E-state index contributed by atoms with van der Waals surface area (Å²) in [6.07, 6.45) is 2.07. The third-order valence-electron chi connectivity index (χ3n) is 4.08. The van der Waals surface area contributed by atoms with E-state index in [1.807, 2.05) is 0 Å². The number of piperidine rings is 1. The molecule has 1 heterocycles. The van der Waals surface area contributed by atoms with E-state index in [0.717, 1.165) is 25.9 Å². The van der Waals surface area contributed by atoms with Crippen molar-refractivity contribution in [1.82, 2.24) is 9.21 Å². The first-order chi connectivity index (χ1) is 9.95. The number of benzene rings is 1. The molecule has 2 rings (SSSR count). The zero-order valence-electron chi connectivity index (χ0n) is 12.6. The van der Waals surface area contributed by atoms with E-state index in [1.54, 1.807) is 31.3 Å². The van der Waals surface area contributed by atoms with Gasteiger partial charge >= 0.3 is 0 Å². The molecule has 0 bridgehead atoms. The number of likely N-dealkylation sites (tertiary alicyclic amines) is 1. The van der Waals surface area contributed by atoms with Crippen LogP contribution in [-0.2, 0) is 10.0 Å². The van der Waals surface area contributed by atoms with Crippen molar-refractivity contribution in [3.05, 3.63) is 24.3 Å². The molecule has 1 aliphatic heterocycles. The van der Waals surface area contributed by atoms with Crippen LogP contribution in [0.5, 0.6) is 0 Å². The van der Waals surface area contributed by atoms with Crippen LogP contribution in [0.1, 0.15) is 12.8 Å². The molecule has 21 heavy (non-hydrogen) atoms. The molecule has 0 radical (unpaired) electrons. The molecule has 118 valence electrons. The second kappa shape index (κ2) is 6.74. The van der Waals surface area contributed by atoms with Crippen LogP contribution < -0.4 is 11.3 Å². The number of hydrazine groups is 1. The van der Waals surface area contributed by atoms with E-state index >= 15 is 0 Å². The van der Waals surface area contributed by atoms with Gasteiger partial charge in [-0.05, 0) is 51.0 Å². The maximum atomic E-state index is 12.7. The molecule has 7 heteroatoms. The van der Waals surface area contributed by atoms with Gasteiger partial charge in [0.1, 0.15) is 4.90 Å². The highest BCUT2D eigenvalue weighted by atomic mass is 32.2. The zero-order valence-corrected chi connectivity index (χ0v) is 13.4. The number of nitrogens with two attached hydrogens (primary N) is 1. The van der Waals surface area contributed by atoms with Gasteiger partial charge in [-0.2, -0.15) is 0 Å². The number of para-hydroxylation sites is 1. The van der Waals surface area contributed by atoms with Crippen LogP contribution in [-0.4, -0.2) is 51.4 Å². The molecule has 1 fully saturated rings. The lowest BCUT2D eigenvalue weighted by Gasteiger charge is -2.31. The van der Waals surface area contributed by atoms with Gasteiger partial charge in [-0.1, -0.05) is 12.1 Å². The van der Waals surface area contributed by atoms with E-state index in [2.05, 4.69) is 17.4 Å². The Morgan fingerprint density at radius 2 is 1.95 bits per heavy atom. The standard InChI is InChI=1S/C14H24N4O2S/c1-17-9-7-12(8-10-17)11-18(2)21(19,20)14-6-4-3-5-13(14)16-15/h3-6,12,16H,7-11,15H2,1-2H3. The summed E-state index contributed by atoms with van der Waals surface area (Å²) in [7, 11) is 0.219. The Bertz CT molecular complexity index is 568. The number of sulfonamides is 1. The van der Waals surface area contributed by atoms with Gasteiger partial charge in [-0.15, -0.1) is 0 Å². The van der Waals surface area contributed by atoms with Gasteiger partial charge in [-0.25, -0.2) is 12.7 Å². The molecule has 0 aromatic heterocycles. The van der Waals surface area contributed by atoms with Crippen molar-refractivity contribution in [3.63, 3.8) is 0 Å². The molecule has 6 nitrogen and oxygen atoms in total. The first-order valence-electron chi connectivity index (χ1n) is 7.15. The summed E-state index contributed by atoms with van der Waals surface area (Å²) in [5, 5.41) is 0. The van der Waals surface area contributed by atoms with E-state index in [0.29, 0.717) is 18.2 Å². The summed E-state index contributed by atoms with van der Waals surface area (Å²) in [4.78, 5) is 2.50. The maximum Gasteiger partial charge on any atom is 0.244 e. The SMILES string of the molecule is CN1CCC(CN(C)S(=O)(=O)c2ccccc2NN)CC1. The van der Waals surface area contributed by atoms with Gasteiger partial charge in [0, 0.05) is 13.6 Å². The number of hydrogen-bond donors (Lipinski definition) is 2. The van der Waals surface area contributed by atoms with Crippen molar-refractivity contribution < 1.29 is 8.42 Å². The highest BCUT2D eigenvalue weighted by Gasteiger charge is 2.27. The van der Waals surface area contributed by atoms with Gasteiger partial charge in [0.25, 0.3) is 0 Å². The molecule has 0 saturated carbocycles. The lowest BCUT2D eigenvalue weighted by Crippen LogP contribution is -2.38. The fourth-order valence-corrected chi connectivity index (χ4v) is 4.08. The molecule has 0 atom stereocenters. The minimum atomic E-state index is -3.52. The number of nitrogens with one attached hydrogen (secondary N) is 1. The van der Waals surface area contributed by atoms with Crippen molar-refractivity contribution in [2.75, 3.05) is 39.2 Å².